The molecular weight excluding hydrogens is 422 g/mol. The maximum atomic E-state index is 12.5. The predicted octanol–water partition coefficient (Wildman–Crippen LogP) is 5.60. The fraction of sp³-hybridized carbons (Fsp3) is 0.227. The van der Waals surface area contributed by atoms with Gasteiger partial charge in [-0.05, 0) is 63.2 Å². The van der Waals surface area contributed by atoms with Gasteiger partial charge in [-0.1, -0.05) is 11.6 Å². The van der Waals surface area contributed by atoms with Gasteiger partial charge in [0.1, 0.15) is 17.6 Å². The molecule has 0 aliphatic heterocycles. The SMILES string of the molecule is COc1ccc(Cl)cc1NC(=O)c1coc(-c2ccc(NC(=O)OC(C)(C)C)cc2)n1. The van der Waals surface area contributed by atoms with E-state index < -0.39 is 17.6 Å². The Kier molecular flexibility index (Phi) is 6.50. The first-order chi connectivity index (χ1) is 14.6. The van der Waals surface area contributed by atoms with E-state index in [0.29, 0.717) is 27.7 Å². The van der Waals surface area contributed by atoms with Crippen LogP contribution >= 0.6 is 11.6 Å². The van der Waals surface area contributed by atoms with Gasteiger partial charge in [0.2, 0.25) is 5.89 Å². The van der Waals surface area contributed by atoms with Crippen LogP contribution in [0, 0.1) is 0 Å². The zero-order valence-corrected chi connectivity index (χ0v) is 18.2. The molecule has 0 bridgehead atoms. The molecule has 9 heteroatoms. The topological polar surface area (TPSA) is 103 Å². The molecule has 0 radical (unpaired) electrons. The third kappa shape index (κ3) is 5.99. The summed E-state index contributed by atoms with van der Waals surface area (Å²) in [6.07, 6.45) is 0.709. The third-order valence-electron chi connectivity index (χ3n) is 3.92. The Morgan fingerprint density at radius 3 is 2.42 bits per heavy atom. The van der Waals surface area contributed by atoms with Gasteiger partial charge >= 0.3 is 6.09 Å². The number of carbonyl (C=O) groups is 2. The molecule has 0 aliphatic carbocycles. The average Bonchev–Trinajstić information content (AvgIpc) is 3.17. The Bertz CT molecular complexity index is 1090. The molecule has 31 heavy (non-hydrogen) atoms. The average molecular weight is 444 g/mol. The number of carbonyl (C=O) groups excluding carboxylic acids is 2. The summed E-state index contributed by atoms with van der Waals surface area (Å²) < 4.78 is 15.9. The molecule has 8 nitrogen and oxygen atoms in total. The zero-order valence-electron chi connectivity index (χ0n) is 17.5. The van der Waals surface area contributed by atoms with Crippen LogP contribution in [0.15, 0.2) is 53.1 Å². The molecule has 1 aromatic heterocycles. The number of oxazole rings is 1. The molecular formula is C22H22ClN3O5. The number of anilines is 2. The lowest BCUT2D eigenvalue weighted by Gasteiger charge is -2.19. The van der Waals surface area contributed by atoms with Crippen molar-refractivity contribution in [3.63, 3.8) is 0 Å². The summed E-state index contributed by atoms with van der Waals surface area (Å²) in [5.74, 6) is 0.250. The molecule has 2 aromatic carbocycles. The van der Waals surface area contributed by atoms with E-state index in [-0.39, 0.29) is 11.6 Å². The maximum absolute atomic E-state index is 12.5. The smallest absolute Gasteiger partial charge is 0.412 e. The minimum absolute atomic E-state index is 0.0907. The van der Waals surface area contributed by atoms with Crippen molar-refractivity contribution in [2.24, 2.45) is 0 Å². The largest absolute Gasteiger partial charge is 0.495 e. The van der Waals surface area contributed by atoms with Gasteiger partial charge in [-0.25, -0.2) is 9.78 Å². The zero-order chi connectivity index (χ0) is 22.6. The molecule has 0 saturated carbocycles. The van der Waals surface area contributed by atoms with E-state index in [9.17, 15) is 9.59 Å². The monoisotopic (exact) mass is 443 g/mol. The molecule has 3 aromatic rings. The number of aromatic nitrogens is 1. The van der Waals surface area contributed by atoms with Gasteiger partial charge in [0.25, 0.3) is 5.91 Å². The van der Waals surface area contributed by atoms with E-state index in [1.54, 1.807) is 63.2 Å². The summed E-state index contributed by atoms with van der Waals surface area (Å²) in [4.78, 5) is 28.6. The van der Waals surface area contributed by atoms with Crippen molar-refractivity contribution in [1.29, 1.82) is 0 Å². The van der Waals surface area contributed by atoms with Gasteiger partial charge in [0.15, 0.2) is 5.69 Å². The summed E-state index contributed by atoms with van der Waals surface area (Å²) in [5, 5.41) is 5.80. The lowest BCUT2D eigenvalue weighted by Crippen LogP contribution is -2.27. The van der Waals surface area contributed by atoms with Crippen LogP contribution < -0.4 is 15.4 Å². The molecule has 0 fully saturated rings. The Labute approximate surface area is 184 Å². The van der Waals surface area contributed by atoms with Crippen LogP contribution in [0.2, 0.25) is 5.02 Å². The second-order valence-corrected chi connectivity index (χ2v) is 7.98. The molecule has 162 valence electrons. The molecule has 0 saturated heterocycles. The summed E-state index contributed by atoms with van der Waals surface area (Å²) in [7, 11) is 1.49. The summed E-state index contributed by atoms with van der Waals surface area (Å²) in [6.45, 7) is 5.36. The van der Waals surface area contributed by atoms with E-state index in [1.165, 1.54) is 13.4 Å². The first-order valence-electron chi connectivity index (χ1n) is 9.35. The molecule has 0 aliphatic rings. The van der Waals surface area contributed by atoms with E-state index >= 15 is 0 Å². The highest BCUT2D eigenvalue weighted by atomic mass is 35.5. The van der Waals surface area contributed by atoms with Crippen molar-refractivity contribution >= 4 is 35.0 Å². The predicted molar refractivity (Wildman–Crippen MR) is 118 cm³/mol. The van der Waals surface area contributed by atoms with Crippen LogP contribution in [0.25, 0.3) is 11.5 Å². The van der Waals surface area contributed by atoms with Crippen LogP contribution in [0.4, 0.5) is 16.2 Å². The van der Waals surface area contributed by atoms with Crippen LogP contribution in [0.1, 0.15) is 31.3 Å². The highest BCUT2D eigenvalue weighted by molar-refractivity contribution is 6.31. The minimum Gasteiger partial charge on any atom is -0.495 e. The van der Waals surface area contributed by atoms with Gasteiger partial charge in [-0.15, -0.1) is 0 Å². The summed E-state index contributed by atoms with van der Waals surface area (Å²) in [5.41, 5.74) is 1.11. The molecule has 0 unspecified atom stereocenters. The highest BCUT2D eigenvalue weighted by Gasteiger charge is 2.18. The van der Waals surface area contributed by atoms with Crippen molar-refractivity contribution in [2.45, 2.75) is 26.4 Å². The number of nitrogens with one attached hydrogen (secondary N) is 2. The van der Waals surface area contributed by atoms with Crippen molar-refractivity contribution in [3.05, 3.63) is 59.4 Å². The molecule has 3 rings (SSSR count). The Hall–Kier alpha value is -3.52. The van der Waals surface area contributed by atoms with Crippen molar-refractivity contribution in [2.75, 3.05) is 17.7 Å². The Morgan fingerprint density at radius 2 is 1.77 bits per heavy atom. The van der Waals surface area contributed by atoms with Gasteiger partial charge in [0, 0.05) is 16.3 Å². The van der Waals surface area contributed by atoms with E-state index in [4.69, 9.17) is 25.5 Å². The maximum Gasteiger partial charge on any atom is 0.412 e. The number of nitrogens with zero attached hydrogens (tertiary/aromatic N) is 1. The molecule has 0 spiro atoms. The normalized spacial score (nSPS) is 11.0. The lowest BCUT2D eigenvalue weighted by atomic mass is 10.2. The summed E-state index contributed by atoms with van der Waals surface area (Å²) in [6, 6.07) is 11.7. The first kappa shape index (κ1) is 22.2. The van der Waals surface area contributed by atoms with Crippen molar-refractivity contribution in [3.8, 4) is 17.2 Å². The number of hydrogen-bond donors (Lipinski definition) is 2. The van der Waals surface area contributed by atoms with Crippen LogP contribution in [-0.2, 0) is 4.74 Å². The van der Waals surface area contributed by atoms with E-state index in [1.807, 2.05) is 0 Å². The molecule has 2 N–H and O–H groups in total. The second-order valence-electron chi connectivity index (χ2n) is 7.54. The van der Waals surface area contributed by atoms with Gasteiger partial charge < -0.3 is 19.2 Å². The van der Waals surface area contributed by atoms with Gasteiger partial charge in [-0.3, -0.25) is 10.1 Å². The van der Waals surface area contributed by atoms with Crippen molar-refractivity contribution < 1.29 is 23.5 Å². The van der Waals surface area contributed by atoms with E-state index in [2.05, 4.69) is 15.6 Å². The fourth-order valence-electron chi connectivity index (χ4n) is 2.59. The van der Waals surface area contributed by atoms with Gasteiger partial charge in [-0.2, -0.15) is 0 Å². The quantitative estimate of drug-likeness (QED) is 0.531. The number of methoxy groups -OCH3 is 1. The number of halogens is 1. The first-order valence-corrected chi connectivity index (χ1v) is 9.73. The number of hydrogen-bond acceptors (Lipinski definition) is 6. The number of benzene rings is 2. The number of amides is 2. The van der Waals surface area contributed by atoms with Crippen LogP contribution in [0.5, 0.6) is 5.75 Å². The van der Waals surface area contributed by atoms with Crippen LogP contribution in [-0.4, -0.2) is 29.7 Å². The number of rotatable bonds is 5. The van der Waals surface area contributed by atoms with E-state index in [0.717, 1.165) is 0 Å². The highest BCUT2D eigenvalue weighted by Crippen LogP contribution is 2.28. The van der Waals surface area contributed by atoms with Crippen LogP contribution in [0.3, 0.4) is 0 Å². The number of ether oxygens (including phenoxy) is 2. The van der Waals surface area contributed by atoms with Crippen molar-refractivity contribution in [1.82, 2.24) is 4.98 Å². The lowest BCUT2D eigenvalue weighted by molar-refractivity contribution is 0.0635. The standard InChI is InChI=1S/C22H22ClN3O5/c1-22(2,3)31-21(28)24-15-8-5-13(6-9-15)20-26-17(12-30-20)19(27)25-16-11-14(23)7-10-18(16)29-4/h5-12H,1-4H3,(H,24,28)(H,25,27). The Morgan fingerprint density at radius 1 is 1.06 bits per heavy atom. The minimum atomic E-state index is -0.589. The fourth-order valence-corrected chi connectivity index (χ4v) is 2.76. The Balaban J connectivity index is 1.68. The molecule has 2 amide bonds. The molecule has 0 atom stereocenters. The van der Waals surface area contributed by atoms with Gasteiger partial charge in [0.05, 0.1) is 12.8 Å². The summed E-state index contributed by atoms with van der Waals surface area (Å²) >= 11 is 5.99. The second kappa shape index (κ2) is 9.09. The third-order valence-corrected chi connectivity index (χ3v) is 4.16. The molecule has 1 heterocycles.